The molecule has 0 saturated heterocycles. The number of esters is 2. The fourth-order valence-electron chi connectivity index (χ4n) is 3.11. The molecule has 11 heteroatoms. The molecule has 0 aromatic carbocycles. The van der Waals surface area contributed by atoms with E-state index in [1.165, 1.54) is 6.92 Å². The number of likely N-dealkylation sites (N-methyl/N-ethyl adjacent to an activating group) is 1. The largest absolute Gasteiger partial charge is 0.756 e. The van der Waals surface area contributed by atoms with Crippen molar-refractivity contribution in [3.8, 4) is 0 Å². The SMILES string of the molecule is CC/C=C\CC(O)/C=C/C=C/C/C=C\C/C=C\C/C=C\CCC(=O)OC[C@H](COP(=O)([O-])OCC[N+](C)(C)C)OC(C)=O. The Bertz CT molecular complexity index is 993. The molecule has 0 radical (unpaired) electrons. The van der Waals surface area contributed by atoms with E-state index in [0.29, 0.717) is 23.9 Å². The van der Waals surface area contributed by atoms with Crippen LogP contribution in [0.5, 0.6) is 0 Å². The molecular formula is C32H52NO9P. The Morgan fingerprint density at radius 3 is 2.12 bits per heavy atom. The van der Waals surface area contributed by atoms with Crippen molar-refractivity contribution < 1.29 is 47.2 Å². The maximum Gasteiger partial charge on any atom is 0.306 e. The minimum absolute atomic E-state index is 0.0560. The molecular weight excluding hydrogens is 573 g/mol. The first-order chi connectivity index (χ1) is 20.3. The van der Waals surface area contributed by atoms with Crippen molar-refractivity contribution in [1.29, 1.82) is 0 Å². The first-order valence-corrected chi connectivity index (χ1v) is 16.2. The van der Waals surface area contributed by atoms with Crippen LogP contribution in [0, 0.1) is 0 Å². The highest BCUT2D eigenvalue weighted by Crippen LogP contribution is 2.38. The summed E-state index contributed by atoms with van der Waals surface area (Å²) in [5.41, 5.74) is 0. The number of phosphoric acid groups is 1. The average molecular weight is 626 g/mol. The van der Waals surface area contributed by atoms with Gasteiger partial charge in [0.2, 0.25) is 0 Å². The van der Waals surface area contributed by atoms with Gasteiger partial charge in [0, 0.05) is 13.3 Å². The van der Waals surface area contributed by atoms with Crippen LogP contribution in [0.1, 0.15) is 58.8 Å². The maximum atomic E-state index is 12.0. The smallest absolute Gasteiger partial charge is 0.306 e. The number of phosphoric ester groups is 1. The van der Waals surface area contributed by atoms with Crippen LogP contribution >= 0.6 is 7.82 Å². The van der Waals surface area contributed by atoms with Gasteiger partial charge in [-0.3, -0.25) is 14.2 Å². The van der Waals surface area contributed by atoms with Gasteiger partial charge < -0.3 is 33.0 Å². The Labute approximate surface area is 258 Å². The van der Waals surface area contributed by atoms with E-state index in [-0.39, 0.29) is 19.6 Å². The lowest BCUT2D eigenvalue weighted by Gasteiger charge is -2.28. The molecule has 0 aliphatic carbocycles. The zero-order valence-corrected chi connectivity index (χ0v) is 27.4. The van der Waals surface area contributed by atoms with Crippen LogP contribution in [0.25, 0.3) is 0 Å². The van der Waals surface area contributed by atoms with Crippen molar-refractivity contribution >= 4 is 19.8 Å². The zero-order chi connectivity index (χ0) is 32.4. The molecule has 0 aromatic rings. The third-order valence-corrected chi connectivity index (χ3v) is 6.35. The first-order valence-electron chi connectivity index (χ1n) is 14.7. The summed E-state index contributed by atoms with van der Waals surface area (Å²) in [4.78, 5) is 35.3. The number of nitrogens with zero attached hydrogens (tertiary/aromatic N) is 1. The van der Waals surface area contributed by atoms with Gasteiger partial charge in [-0.15, -0.1) is 0 Å². The predicted molar refractivity (Wildman–Crippen MR) is 168 cm³/mol. The minimum atomic E-state index is -4.60. The van der Waals surface area contributed by atoms with Crippen molar-refractivity contribution in [1.82, 2.24) is 0 Å². The molecule has 0 bridgehead atoms. The number of hydrogen-bond acceptors (Lipinski definition) is 9. The van der Waals surface area contributed by atoms with E-state index >= 15 is 0 Å². The second-order valence-electron chi connectivity index (χ2n) is 10.7. The molecule has 0 heterocycles. The lowest BCUT2D eigenvalue weighted by Crippen LogP contribution is -2.37. The molecule has 43 heavy (non-hydrogen) atoms. The molecule has 0 aromatic heterocycles. The van der Waals surface area contributed by atoms with E-state index in [9.17, 15) is 24.2 Å². The first kappa shape index (κ1) is 40.4. The molecule has 3 atom stereocenters. The number of quaternary nitrogens is 1. The van der Waals surface area contributed by atoms with Crippen LogP contribution in [0.2, 0.25) is 0 Å². The van der Waals surface area contributed by atoms with Gasteiger partial charge >= 0.3 is 11.9 Å². The van der Waals surface area contributed by atoms with Crippen molar-refractivity contribution in [2.75, 3.05) is 47.5 Å². The van der Waals surface area contributed by atoms with Crippen LogP contribution in [-0.2, 0) is 32.7 Å². The van der Waals surface area contributed by atoms with Crippen molar-refractivity contribution in [3.05, 3.63) is 72.9 Å². The number of aliphatic hydroxyl groups excluding tert-OH is 1. The Kier molecular flexibility index (Phi) is 23.3. The average Bonchev–Trinajstić information content (AvgIpc) is 2.91. The molecule has 2 unspecified atom stereocenters. The van der Waals surface area contributed by atoms with E-state index < -0.39 is 38.6 Å². The summed E-state index contributed by atoms with van der Waals surface area (Å²) in [5, 5.41) is 9.77. The van der Waals surface area contributed by atoms with Crippen molar-refractivity contribution in [2.24, 2.45) is 0 Å². The Hall–Kier alpha value is -2.59. The Morgan fingerprint density at radius 2 is 1.51 bits per heavy atom. The molecule has 244 valence electrons. The van der Waals surface area contributed by atoms with Gasteiger partial charge in [0.1, 0.15) is 19.8 Å². The number of allylic oxidation sites excluding steroid dienone is 10. The molecule has 0 spiro atoms. The normalized spacial score (nSPS) is 15.8. The van der Waals surface area contributed by atoms with E-state index in [2.05, 4.69) is 25.2 Å². The van der Waals surface area contributed by atoms with Gasteiger partial charge in [-0.05, 0) is 38.5 Å². The van der Waals surface area contributed by atoms with Gasteiger partial charge in [0.05, 0.1) is 33.9 Å². The fourth-order valence-corrected chi connectivity index (χ4v) is 3.84. The number of ether oxygens (including phenoxy) is 2. The highest BCUT2D eigenvalue weighted by molar-refractivity contribution is 7.45. The van der Waals surface area contributed by atoms with Crippen LogP contribution < -0.4 is 4.89 Å². The van der Waals surface area contributed by atoms with Gasteiger partial charge in [0.25, 0.3) is 7.82 Å². The summed E-state index contributed by atoms with van der Waals surface area (Å²) in [6.07, 6.45) is 26.8. The third-order valence-electron chi connectivity index (χ3n) is 5.38. The van der Waals surface area contributed by atoms with E-state index in [4.69, 9.17) is 18.5 Å². The second kappa shape index (κ2) is 24.8. The maximum absolute atomic E-state index is 12.0. The standard InChI is InChI=1S/C32H52NO9P/c1-6-7-19-22-30(35)23-20-17-15-13-11-9-8-10-12-14-16-18-21-24-32(36)39-27-31(42-29(2)34)28-41-43(37,38)40-26-25-33(3,4)5/h7,9-12,15-20,23,30-31,35H,6,8,13-14,21-22,24-28H2,1-5H3/b11-9-,12-10-,17-15+,18-16-,19-7-,23-20+/t30?,31-/m1/s1. The number of hydrogen-bond donors (Lipinski definition) is 1. The third kappa shape index (κ3) is 29.3. The predicted octanol–water partition coefficient (Wildman–Crippen LogP) is 5.12. The van der Waals surface area contributed by atoms with Gasteiger partial charge in [-0.2, -0.15) is 0 Å². The van der Waals surface area contributed by atoms with Gasteiger partial charge in [-0.1, -0.05) is 79.8 Å². The van der Waals surface area contributed by atoms with Crippen LogP contribution in [0.4, 0.5) is 0 Å². The quantitative estimate of drug-likeness (QED) is 0.0511. The number of aliphatic hydroxyl groups is 1. The Balaban J connectivity index is 4.15. The fraction of sp³-hybridized carbons (Fsp3) is 0.562. The molecule has 0 fully saturated rings. The molecule has 0 saturated carbocycles. The second-order valence-corrected chi connectivity index (χ2v) is 12.1. The number of carbonyl (C=O) groups is 2. The van der Waals surface area contributed by atoms with Crippen LogP contribution in [0.15, 0.2) is 72.9 Å². The summed E-state index contributed by atoms with van der Waals surface area (Å²) in [5.74, 6) is -1.16. The lowest BCUT2D eigenvalue weighted by molar-refractivity contribution is -0.870. The molecule has 10 nitrogen and oxygen atoms in total. The molecule has 0 aliphatic heterocycles. The highest BCUT2D eigenvalue weighted by atomic mass is 31.2. The number of carbonyl (C=O) groups excluding carboxylic acids is 2. The summed E-state index contributed by atoms with van der Waals surface area (Å²) >= 11 is 0. The van der Waals surface area contributed by atoms with Crippen molar-refractivity contribution in [2.45, 2.75) is 71.0 Å². The van der Waals surface area contributed by atoms with E-state index in [1.54, 1.807) is 6.08 Å². The summed E-state index contributed by atoms with van der Waals surface area (Å²) in [7, 11) is 1.08. The molecule has 1 N–H and O–H groups in total. The highest BCUT2D eigenvalue weighted by Gasteiger charge is 2.20. The number of rotatable bonds is 24. The monoisotopic (exact) mass is 625 g/mol. The molecule has 0 rings (SSSR count). The minimum Gasteiger partial charge on any atom is -0.756 e. The lowest BCUT2D eigenvalue weighted by atomic mass is 10.2. The molecule has 0 amide bonds. The zero-order valence-electron chi connectivity index (χ0n) is 26.5. The molecule has 0 aliphatic rings. The van der Waals surface area contributed by atoms with Gasteiger partial charge in [0.15, 0.2) is 6.10 Å². The summed E-state index contributed by atoms with van der Waals surface area (Å²) < 4.78 is 32.2. The van der Waals surface area contributed by atoms with Crippen LogP contribution in [-0.4, -0.2) is 81.2 Å². The summed E-state index contributed by atoms with van der Waals surface area (Å²) in [6, 6.07) is 0. The van der Waals surface area contributed by atoms with Crippen LogP contribution in [0.3, 0.4) is 0 Å². The van der Waals surface area contributed by atoms with Crippen molar-refractivity contribution in [3.63, 3.8) is 0 Å². The summed E-state index contributed by atoms with van der Waals surface area (Å²) in [6.45, 7) is 2.77. The van der Waals surface area contributed by atoms with E-state index in [0.717, 1.165) is 25.7 Å². The topological polar surface area (TPSA) is 131 Å². The van der Waals surface area contributed by atoms with E-state index in [1.807, 2.05) is 69.8 Å². The Morgan fingerprint density at radius 1 is 0.884 bits per heavy atom. The van der Waals surface area contributed by atoms with Gasteiger partial charge in [-0.25, -0.2) is 0 Å².